The topological polar surface area (TPSA) is 50.7 Å². The molecule has 6 heteroatoms. The van der Waals surface area contributed by atoms with Crippen LogP contribution in [0.15, 0.2) is 59.5 Å². The van der Waals surface area contributed by atoms with Gasteiger partial charge in [0.05, 0.1) is 21.1 Å². The first-order chi connectivity index (χ1) is 12.5. The predicted octanol–water partition coefficient (Wildman–Crippen LogP) is 5.06. The average molecular weight is 384 g/mol. The molecule has 0 aliphatic carbocycles. The lowest BCUT2D eigenvalue weighted by molar-refractivity contribution is 0.786. The molecule has 0 amide bonds. The van der Waals surface area contributed by atoms with Gasteiger partial charge in [0.15, 0.2) is 0 Å². The third-order valence-corrected chi connectivity index (χ3v) is 5.12. The Kier molecular flexibility index (Phi) is 4.31. The molecule has 4 nitrogen and oxygen atoms in total. The number of hydrogen-bond acceptors (Lipinski definition) is 2. The lowest BCUT2D eigenvalue weighted by atomic mass is 10.1. The van der Waals surface area contributed by atoms with E-state index in [-0.39, 0.29) is 5.56 Å². The van der Waals surface area contributed by atoms with Crippen LogP contribution in [-0.2, 0) is 6.54 Å². The number of nitrogens with zero attached hydrogens (tertiary/aromatic N) is 2. The van der Waals surface area contributed by atoms with Gasteiger partial charge in [-0.15, -0.1) is 0 Å². The molecule has 2 aromatic heterocycles. The van der Waals surface area contributed by atoms with Crippen LogP contribution in [0.5, 0.6) is 0 Å². The van der Waals surface area contributed by atoms with Crippen LogP contribution in [-0.4, -0.2) is 14.5 Å². The molecule has 0 spiro atoms. The van der Waals surface area contributed by atoms with Crippen LogP contribution >= 0.6 is 23.2 Å². The van der Waals surface area contributed by atoms with E-state index in [1.165, 1.54) is 6.07 Å². The summed E-state index contributed by atoms with van der Waals surface area (Å²) in [5.41, 5.74) is 4.86. The highest BCUT2D eigenvalue weighted by atomic mass is 35.5. The minimum Gasteiger partial charge on any atom is -0.328 e. The van der Waals surface area contributed by atoms with Gasteiger partial charge in [0.25, 0.3) is 0 Å². The zero-order chi connectivity index (χ0) is 18.3. The highest BCUT2D eigenvalue weighted by Crippen LogP contribution is 2.27. The predicted molar refractivity (Wildman–Crippen MR) is 106 cm³/mol. The molecule has 0 aliphatic heterocycles. The third-order valence-electron chi connectivity index (χ3n) is 4.38. The van der Waals surface area contributed by atoms with Gasteiger partial charge < -0.3 is 9.55 Å². The summed E-state index contributed by atoms with van der Waals surface area (Å²) in [7, 11) is 0. The molecule has 1 N–H and O–H groups in total. The van der Waals surface area contributed by atoms with Crippen LogP contribution in [0.25, 0.3) is 22.2 Å². The number of nitrogens with one attached hydrogen (secondary N) is 1. The number of aryl methyl sites for hydroxylation is 1. The number of pyridine rings is 1. The van der Waals surface area contributed by atoms with Gasteiger partial charge >= 0.3 is 0 Å². The summed E-state index contributed by atoms with van der Waals surface area (Å²) in [6.45, 7) is 2.63. The molecule has 0 unspecified atom stereocenters. The number of fused-ring (bicyclic) bond motifs is 1. The van der Waals surface area contributed by atoms with Crippen molar-refractivity contribution >= 4 is 34.2 Å². The fraction of sp³-hybridized carbons (Fsp3) is 0.100. The van der Waals surface area contributed by atoms with E-state index >= 15 is 0 Å². The summed E-state index contributed by atoms with van der Waals surface area (Å²) in [4.78, 5) is 18.6. The van der Waals surface area contributed by atoms with Gasteiger partial charge in [-0.2, -0.15) is 0 Å². The average Bonchev–Trinajstić information content (AvgIpc) is 2.94. The lowest BCUT2D eigenvalue weighted by Gasteiger charge is -2.09. The number of halogens is 2. The quantitative estimate of drug-likeness (QED) is 0.537. The van der Waals surface area contributed by atoms with Gasteiger partial charge in [-0.1, -0.05) is 35.3 Å². The van der Waals surface area contributed by atoms with Crippen LogP contribution in [0.2, 0.25) is 10.0 Å². The van der Waals surface area contributed by atoms with Crippen LogP contribution < -0.4 is 5.56 Å². The highest BCUT2D eigenvalue weighted by molar-refractivity contribution is 6.42. The summed E-state index contributed by atoms with van der Waals surface area (Å²) in [6.07, 6.45) is 1.72. The standard InChI is InChI=1S/C20H15Cl2N3O/c1-12-24-18-6-3-14(15-4-7-20(26)23-10-15)9-19(18)25(12)11-13-2-5-16(21)17(22)8-13/h2-10H,11H2,1H3,(H,23,26). The van der Waals surface area contributed by atoms with E-state index in [1.807, 2.05) is 37.3 Å². The van der Waals surface area contributed by atoms with Gasteiger partial charge in [-0.3, -0.25) is 4.79 Å². The fourth-order valence-electron chi connectivity index (χ4n) is 3.03. The molecular formula is C20H15Cl2N3O. The Morgan fingerprint density at radius 3 is 2.54 bits per heavy atom. The minimum absolute atomic E-state index is 0.115. The van der Waals surface area contributed by atoms with E-state index in [0.29, 0.717) is 16.6 Å². The van der Waals surface area contributed by atoms with Crippen molar-refractivity contribution in [2.24, 2.45) is 0 Å². The molecule has 0 radical (unpaired) electrons. The first-order valence-corrected chi connectivity index (χ1v) is 8.87. The van der Waals surface area contributed by atoms with Gasteiger partial charge in [0, 0.05) is 18.8 Å². The number of rotatable bonds is 3. The number of imidazole rings is 1. The van der Waals surface area contributed by atoms with Crippen molar-refractivity contribution in [2.75, 3.05) is 0 Å². The minimum atomic E-state index is -0.115. The van der Waals surface area contributed by atoms with E-state index in [4.69, 9.17) is 23.2 Å². The normalized spacial score (nSPS) is 11.2. The lowest BCUT2D eigenvalue weighted by Crippen LogP contribution is -2.02. The number of benzene rings is 2. The van der Waals surface area contributed by atoms with Crippen molar-refractivity contribution < 1.29 is 0 Å². The molecule has 0 fully saturated rings. The van der Waals surface area contributed by atoms with Crippen LogP contribution in [0, 0.1) is 6.92 Å². The third kappa shape index (κ3) is 3.14. The van der Waals surface area contributed by atoms with E-state index in [2.05, 4.69) is 20.6 Å². The molecular weight excluding hydrogens is 369 g/mol. The van der Waals surface area contributed by atoms with Crippen molar-refractivity contribution in [3.05, 3.63) is 86.5 Å². The Morgan fingerprint density at radius 2 is 1.81 bits per heavy atom. The smallest absolute Gasteiger partial charge is 0.247 e. The second-order valence-corrected chi connectivity index (χ2v) is 6.95. The van der Waals surface area contributed by atoms with Gasteiger partial charge in [0.2, 0.25) is 5.56 Å². The Hall–Kier alpha value is -2.56. The van der Waals surface area contributed by atoms with E-state index in [1.54, 1.807) is 12.3 Å². The number of hydrogen-bond donors (Lipinski definition) is 1. The van der Waals surface area contributed by atoms with Gasteiger partial charge in [-0.25, -0.2) is 4.98 Å². The molecule has 2 heterocycles. The van der Waals surface area contributed by atoms with Gasteiger partial charge in [0.1, 0.15) is 5.82 Å². The molecule has 4 rings (SSSR count). The summed E-state index contributed by atoms with van der Waals surface area (Å²) in [6, 6.07) is 15.1. The fourth-order valence-corrected chi connectivity index (χ4v) is 3.35. The van der Waals surface area contributed by atoms with Crippen LogP contribution in [0.3, 0.4) is 0 Å². The molecule has 0 aliphatic rings. The number of aromatic nitrogens is 3. The maximum absolute atomic E-state index is 11.3. The highest BCUT2D eigenvalue weighted by Gasteiger charge is 2.10. The Labute approximate surface area is 160 Å². The summed E-state index contributed by atoms with van der Waals surface area (Å²) in [5, 5.41) is 1.09. The molecule has 0 atom stereocenters. The summed E-state index contributed by atoms with van der Waals surface area (Å²) < 4.78 is 2.14. The number of H-pyrrole nitrogens is 1. The molecule has 0 saturated carbocycles. The monoisotopic (exact) mass is 383 g/mol. The zero-order valence-electron chi connectivity index (χ0n) is 14.0. The maximum atomic E-state index is 11.3. The van der Waals surface area contributed by atoms with Gasteiger partial charge in [-0.05, 0) is 53.9 Å². The molecule has 0 bridgehead atoms. The second-order valence-electron chi connectivity index (χ2n) is 6.14. The summed E-state index contributed by atoms with van der Waals surface area (Å²) in [5.74, 6) is 0.921. The second kappa shape index (κ2) is 6.63. The first kappa shape index (κ1) is 16.9. The van der Waals surface area contributed by atoms with E-state index in [0.717, 1.165) is 33.5 Å². The van der Waals surface area contributed by atoms with Crippen molar-refractivity contribution in [3.8, 4) is 11.1 Å². The van der Waals surface area contributed by atoms with Crippen molar-refractivity contribution in [3.63, 3.8) is 0 Å². The Morgan fingerprint density at radius 1 is 1.00 bits per heavy atom. The van der Waals surface area contributed by atoms with Crippen molar-refractivity contribution in [1.82, 2.24) is 14.5 Å². The van der Waals surface area contributed by atoms with E-state index < -0.39 is 0 Å². The van der Waals surface area contributed by atoms with Crippen LogP contribution in [0.1, 0.15) is 11.4 Å². The molecule has 26 heavy (non-hydrogen) atoms. The SMILES string of the molecule is Cc1nc2ccc(-c3ccc(=O)[nH]c3)cc2n1Cc1ccc(Cl)c(Cl)c1. The Bertz CT molecular complexity index is 1160. The van der Waals surface area contributed by atoms with Crippen LogP contribution in [0.4, 0.5) is 0 Å². The molecule has 0 saturated heterocycles. The molecule has 4 aromatic rings. The molecule has 130 valence electrons. The van der Waals surface area contributed by atoms with Crippen molar-refractivity contribution in [2.45, 2.75) is 13.5 Å². The largest absolute Gasteiger partial charge is 0.328 e. The maximum Gasteiger partial charge on any atom is 0.247 e. The molecule has 2 aromatic carbocycles. The van der Waals surface area contributed by atoms with E-state index in [9.17, 15) is 4.79 Å². The Balaban J connectivity index is 1.79. The first-order valence-electron chi connectivity index (χ1n) is 8.11. The number of aromatic amines is 1. The van der Waals surface area contributed by atoms with Crippen molar-refractivity contribution in [1.29, 1.82) is 0 Å². The zero-order valence-corrected chi connectivity index (χ0v) is 15.5. The summed E-state index contributed by atoms with van der Waals surface area (Å²) >= 11 is 12.2.